The number of hydrogen-bond donors (Lipinski definition) is 3. The molecule has 0 aliphatic carbocycles. The van der Waals surface area contributed by atoms with Crippen molar-refractivity contribution in [2.24, 2.45) is 0 Å². The molecule has 4 heteroatoms. The minimum atomic E-state index is -0.873. The Labute approximate surface area is 375 Å². The van der Waals surface area contributed by atoms with Crippen LogP contribution in [0.15, 0.2) is 60.8 Å². The Morgan fingerprint density at radius 3 is 1.07 bits per heavy atom. The van der Waals surface area contributed by atoms with Gasteiger partial charge in [0, 0.05) is 6.42 Å². The van der Waals surface area contributed by atoms with E-state index in [1.807, 2.05) is 6.08 Å². The zero-order valence-electron chi connectivity index (χ0n) is 40.2. The van der Waals surface area contributed by atoms with Crippen molar-refractivity contribution in [3.05, 3.63) is 60.8 Å². The minimum absolute atomic E-state index is 0.0780. The molecule has 2 atom stereocenters. The second-order valence-corrected chi connectivity index (χ2v) is 17.9. The number of unbranched alkanes of at least 4 members (excludes halogenated alkanes) is 33. The summed E-state index contributed by atoms with van der Waals surface area (Å²) in [7, 11) is 0. The Morgan fingerprint density at radius 1 is 0.400 bits per heavy atom. The molecule has 0 aromatic rings. The second-order valence-electron chi connectivity index (χ2n) is 17.9. The van der Waals surface area contributed by atoms with Gasteiger partial charge in [-0.15, -0.1) is 0 Å². The Morgan fingerprint density at radius 2 is 0.700 bits per heavy atom. The molecule has 0 saturated carbocycles. The summed E-state index contributed by atoms with van der Waals surface area (Å²) in [4.78, 5) is 12.4. The quantitative estimate of drug-likeness (QED) is 0.0422. The zero-order chi connectivity index (χ0) is 43.5. The van der Waals surface area contributed by atoms with Crippen LogP contribution < -0.4 is 5.32 Å². The van der Waals surface area contributed by atoms with Crippen LogP contribution in [0.3, 0.4) is 0 Å². The standard InChI is InChI=1S/C56H103NO3/c1-3-5-7-9-11-13-15-17-19-21-23-25-27-28-30-32-34-36-38-40-42-44-46-48-50-52-56(60)57-54(53-58)55(59)51-49-47-45-43-41-39-37-35-33-31-29-26-24-22-20-18-16-14-12-10-8-6-4-2/h15,17,21,23,33,35,41,43,49,51,54-55,58-59H,3-14,16,18-20,22,24-32,34,36-40,42,44-48,50,52-53H2,1-2H3,(H,57,60)/b17-15-,23-21-,35-33+,43-41+,51-49+. The molecule has 4 nitrogen and oxygen atoms in total. The van der Waals surface area contributed by atoms with Crippen LogP contribution in [0.4, 0.5) is 0 Å². The average molecular weight is 838 g/mol. The van der Waals surface area contributed by atoms with E-state index in [0.717, 1.165) is 44.9 Å². The van der Waals surface area contributed by atoms with E-state index in [4.69, 9.17) is 0 Å². The first-order chi connectivity index (χ1) is 29.7. The summed E-state index contributed by atoms with van der Waals surface area (Å²) < 4.78 is 0. The molecular formula is C56H103NO3. The molecule has 0 rings (SSSR count). The van der Waals surface area contributed by atoms with Gasteiger partial charge in [0.25, 0.3) is 0 Å². The lowest BCUT2D eigenvalue weighted by atomic mass is 10.0. The lowest BCUT2D eigenvalue weighted by molar-refractivity contribution is -0.123. The molecule has 0 radical (unpaired) electrons. The molecule has 0 fully saturated rings. The third-order valence-electron chi connectivity index (χ3n) is 12.0. The SMILES string of the molecule is CCCCCCC/C=C\C/C=C\CCCCCCCCCCCCCCCC(=O)NC(CO)C(O)/C=C/CC/C=C/CC/C=C/CCCCCCCCCCCCCCC. The normalized spacial score (nSPS) is 13.3. The van der Waals surface area contributed by atoms with E-state index in [-0.39, 0.29) is 12.5 Å². The zero-order valence-corrected chi connectivity index (χ0v) is 40.2. The van der Waals surface area contributed by atoms with Crippen LogP contribution in [0.1, 0.15) is 271 Å². The monoisotopic (exact) mass is 838 g/mol. The molecule has 0 spiro atoms. The van der Waals surface area contributed by atoms with Crippen LogP contribution in [0.5, 0.6) is 0 Å². The maximum atomic E-state index is 12.4. The molecule has 0 saturated heterocycles. The Balaban J connectivity index is 3.58. The number of aliphatic hydroxyl groups excluding tert-OH is 2. The molecule has 0 aromatic heterocycles. The van der Waals surface area contributed by atoms with Crippen molar-refractivity contribution >= 4 is 5.91 Å². The third-order valence-corrected chi connectivity index (χ3v) is 12.0. The van der Waals surface area contributed by atoms with Crippen molar-refractivity contribution in [3.63, 3.8) is 0 Å². The van der Waals surface area contributed by atoms with Gasteiger partial charge in [0.05, 0.1) is 18.8 Å². The van der Waals surface area contributed by atoms with E-state index >= 15 is 0 Å². The molecule has 350 valence electrons. The Kier molecular flexibility index (Phi) is 49.8. The van der Waals surface area contributed by atoms with Crippen LogP contribution in [0.2, 0.25) is 0 Å². The summed E-state index contributed by atoms with van der Waals surface area (Å²) in [6.45, 7) is 4.30. The van der Waals surface area contributed by atoms with E-state index in [1.54, 1.807) is 6.08 Å². The predicted molar refractivity (Wildman–Crippen MR) is 267 cm³/mol. The summed E-state index contributed by atoms with van der Waals surface area (Å²) in [5.74, 6) is -0.0780. The maximum absolute atomic E-state index is 12.4. The minimum Gasteiger partial charge on any atom is -0.394 e. The summed E-state index contributed by atoms with van der Waals surface area (Å²) >= 11 is 0. The van der Waals surface area contributed by atoms with Gasteiger partial charge in [-0.3, -0.25) is 4.79 Å². The molecule has 60 heavy (non-hydrogen) atoms. The number of nitrogens with one attached hydrogen (secondary N) is 1. The molecule has 1 amide bonds. The Hall–Kier alpha value is -1.91. The Bertz CT molecular complexity index is 996. The number of aliphatic hydroxyl groups is 2. The van der Waals surface area contributed by atoms with Crippen LogP contribution in [-0.4, -0.2) is 34.9 Å². The van der Waals surface area contributed by atoms with Gasteiger partial charge in [-0.25, -0.2) is 0 Å². The summed E-state index contributed by atoms with van der Waals surface area (Å²) in [6.07, 6.45) is 72.2. The fourth-order valence-electron chi connectivity index (χ4n) is 7.89. The smallest absolute Gasteiger partial charge is 0.220 e. The average Bonchev–Trinajstić information content (AvgIpc) is 3.25. The van der Waals surface area contributed by atoms with Crippen LogP contribution in [0.25, 0.3) is 0 Å². The molecule has 0 bridgehead atoms. The van der Waals surface area contributed by atoms with Gasteiger partial charge in [0.1, 0.15) is 0 Å². The summed E-state index contributed by atoms with van der Waals surface area (Å²) in [6, 6.07) is -0.648. The van der Waals surface area contributed by atoms with Gasteiger partial charge in [0.15, 0.2) is 0 Å². The fourth-order valence-corrected chi connectivity index (χ4v) is 7.89. The highest BCUT2D eigenvalue weighted by atomic mass is 16.3. The third kappa shape index (κ3) is 47.1. The van der Waals surface area contributed by atoms with E-state index in [2.05, 4.69) is 67.8 Å². The first kappa shape index (κ1) is 58.1. The lowest BCUT2D eigenvalue weighted by Crippen LogP contribution is -2.45. The van der Waals surface area contributed by atoms with E-state index < -0.39 is 12.1 Å². The van der Waals surface area contributed by atoms with Crippen LogP contribution >= 0.6 is 0 Å². The topological polar surface area (TPSA) is 69.6 Å². The number of rotatable bonds is 48. The van der Waals surface area contributed by atoms with Gasteiger partial charge >= 0.3 is 0 Å². The van der Waals surface area contributed by atoms with Crippen molar-refractivity contribution in [1.82, 2.24) is 5.32 Å². The van der Waals surface area contributed by atoms with Gasteiger partial charge in [-0.2, -0.15) is 0 Å². The molecule has 0 aliphatic heterocycles. The lowest BCUT2D eigenvalue weighted by Gasteiger charge is -2.19. The van der Waals surface area contributed by atoms with Crippen molar-refractivity contribution in [2.75, 3.05) is 6.61 Å². The highest BCUT2D eigenvalue weighted by molar-refractivity contribution is 5.76. The number of carbonyl (C=O) groups excluding carboxylic acids is 1. The largest absolute Gasteiger partial charge is 0.394 e. The first-order valence-corrected chi connectivity index (χ1v) is 26.5. The summed E-state index contributed by atoms with van der Waals surface area (Å²) in [5.41, 5.74) is 0. The number of carbonyl (C=O) groups is 1. The van der Waals surface area contributed by atoms with E-state index in [1.165, 1.54) is 205 Å². The van der Waals surface area contributed by atoms with Gasteiger partial charge in [-0.1, -0.05) is 248 Å². The van der Waals surface area contributed by atoms with Gasteiger partial charge in [-0.05, 0) is 77.0 Å². The molecule has 0 aliphatic rings. The van der Waals surface area contributed by atoms with Crippen LogP contribution in [0, 0.1) is 0 Å². The van der Waals surface area contributed by atoms with E-state index in [0.29, 0.717) is 6.42 Å². The first-order valence-electron chi connectivity index (χ1n) is 26.5. The summed E-state index contributed by atoms with van der Waals surface area (Å²) in [5, 5.41) is 23.1. The molecule has 0 aromatic carbocycles. The van der Waals surface area contributed by atoms with Gasteiger partial charge in [0.2, 0.25) is 5.91 Å². The van der Waals surface area contributed by atoms with E-state index in [9.17, 15) is 15.0 Å². The number of allylic oxidation sites excluding steroid dienone is 9. The van der Waals surface area contributed by atoms with Crippen molar-refractivity contribution in [2.45, 2.75) is 283 Å². The van der Waals surface area contributed by atoms with Crippen LogP contribution in [-0.2, 0) is 4.79 Å². The maximum Gasteiger partial charge on any atom is 0.220 e. The highest BCUT2D eigenvalue weighted by Gasteiger charge is 2.17. The number of amides is 1. The van der Waals surface area contributed by atoms with Gasteiger partial charge < -0.3 is 15.5 Å². The molecule has 0 heterocycles. The molecular weight excluding hydrogens is 735 g/mol. The molecule has 2 unspecified atom stereocenters. The van der Waals surface area contributed by atoms with Crippen molar-refractivity contribution in [3.8, 4) is 0 Å². The van der Waals surface area contributed by atoms with Crippen molar-refractivity contribution < 1.29 is 15.0 Å². The van der Waals surface area contributed by atoms with Crippen molar-refractivity contribution in [1.29, 1.82) is 0 Å². The predicted octanol–water partition coefficient (Wildman–Crippen LogP) is 17.2. The molecule has 3 N–H and O–H groups in total. The highest BCUT2D eigenvalue weighted by Crippen LogP contribution is 2.15. The second kappa shape index (κ2) is 51.4. The number of hydrogen-bond acceptors (Lipinski definition) is 3. The fraction of sp³-hybridized carbons (Fsp3) is 0.804.